The number of anilines is 1. The van der Waals surface area contributed by atoms with Gasteiger partial charge in [-0.15, -0.1) is 11.3 Å². The Bertz CT molecular complexity index is 1410. The number of rotatable bonds is 11. The Kier molecular flexibility index (Phi) is 7.73. The lowest BCUT2D eigenvalue weighted by Gasteiger charge is -2.43. The maximum atomic E-state index is 12.9. The van der Waals surface area contributed by atoms with Crippen LogP contribution in [0.4, 0.5) is 5.82 Å². The Morgan fingerprint density at radius 1 is 1.26 bits per heavy atom. The molecule has 38 heavy (non-hydrogen) atoms. The van der Waals surface area contributed by atoms with Crippen molar-refractivity contribution in [1.82, 2.24) is 24.5 Å². The molecule has 2 atom stereocenters. The van der Waals surface area contributed by atoms with Gasteiger partial charge in [0.05, 0.1) is 40.7 Å². The number of fused-ring (bicyclic) bond motifs is 1. The molecule has 0 unspecified atom stereocenters. The first kappa shape index (κ1) is 26.3. The zero-order valence-electron chi connectivity index (χ0n) is 22.4. The van der Waals surface area contributed by atoms with Crippen LogP contribution >= 0.6 is 11.3 Å². The first-order valence-electron chi connectivity index (χ1n) is 13.2. The predicted octanol–water partition coefficient (Wildman–Crippen LogP) is 4.12. The van der Waals surface area contributed by atoms with Crippen molar-refractivity contribution >= 4 is 28.7 Å². The smallest absolute Gasteiger partial charge is 0.249 e. The van der Waals surface area contributed by atoms with Crippen LogP contribution in [0.1, 0.15) is 43.1 Å². The van der Waals surface area contributed by atoms with Crippen molar-refractivity contribution in [3.63, 3.8) is 0 Å². The lowest BCUT2D eigenvalue weighted by molar-refractivity contribution is 0.0998. The van der Waals surface area contributed by atoms with Crippen molar-refractivity contribution in [1.29, 1.82) is 0 Å². The first-order valence-corrected chi connectivity index (χ1v) is 14.0. The summed E-state index contributed by atoms with van der Waals surface area (Å²) in [6.45, 7) is 9.83. The molecule has 2 N–H and O–H groups in total. The number of hydrogen-bond acceptors (Lipinski definition) is 8. The van der Waals surface area contributed by atoms with Crippen LogP contribution in [0.15, 0.2) is 42.0 Å². The van der Waals surface area contributed by atoms with E-state index in [1.807, 2.05) is 35.8 Å². The average molecular weight is 534 g/mol. The number of thiophene rings is 1. The van der Waals surface area contributed by atoms with E-state index >= 15 is 0 Å². The number of carbonyl (C=O) groups is 1. The Morgan fingerprint density at radius 2 is 2.08 bits per heavy atom. The Hall–Kier alpha value is -3.34. The molecule has 1 saturated heterocycles. The fourth-order valence-corrected chi connectivity index (χ4v) is 6.02. The molecule has 0 radical (unpaired) electrons. The third kappa shape index (κ3) is 4.91. The highest BCUT2D eigenvalue weighted by Gasteiger charge is 2.33. The molecule has 0 aliphatic carbocycles. The standard InChI is InChI=1S/C28H35N7O2S/c1-5-33(6-2)18(3)14-21-20(26(29)36)15-24(32-27(21)34-11-9-19(34)17-37-4)22-16-30-35-12-10-23(31-28(22)35)25-8-7-13-38-25/h7-8,10,12-13,15-16,18-19H,5-6,9,11,14,17H2,1-4H3,(H2,29,36)/t18-,19-/m0/s1. The number of nitrogens with two attached hydrogens (primary N) is 1. The number of carbonyl (C=O) groups excluding carboxylic acids is 1. The Morgan fingerprint density at radius 3 is 2.71 bits per heavy atom. The van der Waals surface area contributed by atoms with E-state index < -0.39 is 5.91 Å². The van der Waals surface area contributed by atoms with Crippen molar-refractivity contribution in [2.45, 2.75) is 45.7 Å². The molecule has 4 aromatic heterocycles. The number of aromatic nitrogens is 4. The lowest BCUT2D eigenvalue weighted by Crippen LogP contribution is -2.51. The Labute approximate surface area is 227 Å². The van der Waals surface area contributed by atoms with Gasteiger partial charge in [0, 0.05) is 37.0 Å². The van der Waals surface area contributed by atoms with E-state index in [1.165, 1.54) is 0 Å². The second-order valence-electron chi connectivity index (χ2n) is 9.70. The van der Waals surface area contributed by atoms with E-state index in [0.717, 1.165) is 53.6 Å². The molecule has 0 aromatic carbocycles. The van der Waals surface area contributed by atoms with Gasteiger partial charge in [0.25, 0.3) is 0 Å². The molecule has 1 aliphatic rings. The van der Waals surface area contributed by atoms with Crippen molar-refractivity contribution in [2.75, 3.05) is 38.3 Å². The zero-order chi connectivity index (χ0) is 26.8. The minimum absolute atomic E-state index is 0.207. The maximum Gasteiger partial charge on any atom is 0.249 e. The summed E-state index contributed by atoms with van der Waals surface area (Å²) in [6.07, 6.45) is 5.35. The fraction of sp³-hybridized carbons (Fsp3) is 0.429. The minimum atomic E-state index is -0.454. The summed E-state index contributed by atoms with van der Waals surface area (Å²) in [4.78, 5) is 28.7. The van der Waals surface area contributed by atoms with Crippen LogP contribution in [0, 0.1) is 0 Å². The third-order valence-corrected chi connectivity index (χ3v) is 8.39. The molecular weight excluding hydrogens is 498 g/mol. The molecule has 1 aliphatic heterocycles. The highest BCUT2D eigenvalue weighted by Crippen LogP contribution is 2.35. The molecule has 9 nitrogen and oxygen atoms in total. The topological polar surface area (TPSA) is 102 Å². The predicted molar refractivity (Wildman–Crippen MR) is 152 cm³/mol. The SMILES string of the molecule is CCN(CC)[C@@H](C)Cc1c(C(N)=O)cc(-c2cnn3ccc(-c4cccs4)nc23)nc1N1CC[C@H]1COC. The van der Waals surface area contributed by atoms with Gasteiger partial charge in [-0.2, -0.15) is 5.10 Å². The van der Waals surface area contributed by atoms with Crippen LogP contribution < -0.4 is 10.6 Å². The number of nitrogens with zero attached hydrogens (tertiary/aromatic N) is 6. The van der Waals surface area contributed by atoms with Gasteiger partial charge in [-0.3, -0.25) is 4.79 Å². The quantitative estimate of drug-likeness (QED) is 0.309. The zero-order valence-corrected chi connectivity index (χ0v) is 23.2. The van der Waals surface area contributed by atoms with E-state index in [0.29, 0.717) is 29.9 Å². The summed E-state index contributed by atoms with van der Waals surface area (Å²) in [5.74, 6) is 0.349. The summed E-state index contributed by atoms with van der Waals surface area (Å²) < 4.78 is 7.23. The normalized spacial score (nSPS) is 16.2. The van der Waals surface area contributed by atoms with Crippen LogP contribution in [0.3, 0.4) is 0 Å². The highest BCUT2D eigenvalue weighted by atomic mass is 32.1. The van der Waals surface area contributed by atoms with Crippen molar-refractivity contribution < 1.29 is 9.53 Å². The molecule has 5 heterocycles. The van der Waals surface area contributed by atoms with Gasteiger partial charge >= 0.3 is 0 Å². The van der Waals surface area contributed by atoms with Gasteiger partial charge < -0.3 is 20.3 Å². The number of hydrogen-bond donors (Lipinski definition) is 1. The molecule has 1 amide bonds. The molecular formula is C28H35N7O2S. The number of ether oxygens (including phenoxy) is 1. The van der Waals surface area contributed by atoms with Gasteiger partial charge in [0.2, 0.25) is 5.91 Å². The highest BCUT2D eigenvalue weighted by molar-refractivity contribution is 7.13. The Balaban J connectivity index is 1.66. The summed E-state index contributed by atoms with van der Waals surface area (Å²) in [5, 5.41) is 6.56. The van der Waals surface area contributed by atoms with Crippen LogP contribution in [-0.2, 0) is 11.2 Å². The van der Waals surface area contributed by atoms with E-state index in [9.17, 15) is 4.79 Å². The van der Waals surface area contributed by atoms with E-state index in [1.54, 1.807) is 29.2 Å². The molecule has 0 spiro atoms. The number of pyridine rings is 1. The third-order valence-electron chi connectivity index (χ3n) is 7.50. The van der Waals surface area contributed by atoms with Crippen LogP contribution in [0.25, 0.3) is 27.5 Å². The number of primary amides is 1. The van der Waals surface area contributed by atoms with Crippen molar-refractivity contribution in [2.24, 2.45) is 5.73 Å². The molecule has 200 valence electrons. The molecule has 0 saturated carbocycles. The first-order chi connectivity index (χ1) is 18.4. The van der Waals surface area contributed by atoms with Crippen LogP contribution in [0.2, 0.25) is 0 Å². The number of likely N-dealkylation sites (N-methyl/N-ethyl adjacent to an activating group) is 1. The van der Waals surface area contributed by atoms with Gasteiger partial charge in [0.1, 0.15) is 5.82 Å². The van der Waals surface area contributed by atoms with Crippen LogP contribution in [0.5, 0.6) is 0 Å². The van der Waals surface area contributed by atoms with Gasteiger partial charge in [0.15, 0.2) is 5.65 Å². The van der Waals surface area contributed by atoms with Gasteiger partial charge in [-0.05, 0) is 56.4 Å². The maximum absolute atomic E-state index is 12.9. The molecule has 10 heteroatoms. The van der Waals surface area contributed by atoms with Gasteiger partial charge in [-0.1, -0.05) is 19.9 Å². The monoisotopic (exact) mass is 533 g/mol. The summed E-state index contributed by atoms with van der Waals surface area (Å²) >= 11 is 1.64. The molecule has 1 fully saturated rings. The second kappa shape index (κ2) is 11.2. The molecule has 4 aromatic rings. The van der Waals surface area contributed by atoms with Gasteiger partial charge in [-0.25, -0.2) is 14.5 Å². The van der Waals surface area contributed by atoms with E-state index in [-0.39, 0.29) is 12.1 Å². The largest absolute Gasteiger partial charge is 0.383 e. The van der Waals surface area contributed by atoms with Crippen molar-refractivity contribution in [3.8, 4) is 21.8 Å². The number of amides is 1. The molecule has 0 bridgehead atoms. The number of methoxy groups -OCH3 is 1. The lowest BCUT2D eigenvalue weighted by atomic mass is 9.95. The average Bonchev–Trinajstić information content (AvgIpc) is 3.58. The van der Waals surface area contributed by atoms with Crippen molar-refractivity contribution in [3.05, 3.63) is 53.2 Å². The van der Waals surface area contributed by atoms with E-state index in [4.69, 9.17) is 20.4 Å². The summed E-state index contributed by atoms with van der Waals surface area (Å²) in [6, 6.07) is 8.26. The fourth-order valence-electron chi connectivity index (χ4n) is 5.32. The minimum Gasteiger partial charge on any atom is -0.383 e. The molecule has 5 rings (SSSR count). The second-order valence-corrected chi connectivity index (χ2v) is 10.7. The van der Waals surface area contributed by atoms with Crippen LogP contribution in [-0.4, -0.2) is 75.8 Å². The summed E-state index contributed by atoms with van der Waals surface area (Å²) in [7, 11) is 1.72. The summed E-state index contributed by atoms with van der Waals surface area (Å²) in [5.41, 5.74) is 10.4. The van der Waals surface area contributed by atoms with E-state index in [2.05, 4.69) is 35.7 Å².